The Morgan fingerprint density at radius 1 is 0.900 bits per heavy atom. The van der Waals surface area contributed by atoms with Crippen molar-refractivity contribution in [3.05, 3.63) is 12.7 Å². The van der Waals surface area contributed by atoms with Crippen LogP contribution in [0.15, 0.2) is 0 Å². The second-order valence-corrected chi connectivity index (χ2v) is 12.9. The van der Waals surface area contributed by atoms with Gasteiger partial charge in [-0.25, -0.2) is 0 Å². The summed E-state index contributed by atoms with van der Waals surface area (Å²) in [5, 5.41) is 4.74. The smallest absolute Gasteiger partial charge is 0.645 e. The van der Waals surface area contributed by atoms with Crippen LogP contribution in [0.25, 0.3) is 5.32 Å². The molecule has 0 aromatic rings. The molecule has 0 bridgehead atoms. The van der Waals surface area contributed by atoms with Gasteiger partial charge in [0.15, 0.2) is 0 Å². The molecule has 0 rings (SSSR count). The average Bonchev–Trinajstić information content (AvgIpc) is 1.93. The summed E-state index contributed by atoms with van der Waals surface area (Å²) in [6, 6.07) is 0. The summed E-state index contributed by atoms with van der Waals surface area (Å²) in [6.07, 6.45) is 0. The first-order chi connectivity index (χ1) is 7.66. The van der Waals surface area contributed by atoms with Gasteiger partial charge in [0.05, 0.1) is 16.2 Å². The first-order valence-electron chi connectivity index (χ1n) is 6.81. The third kappa shape index (κ3) is 8.63. The predicted octanol–water partition coefficient (Wildman–Crippen LogP) is 5.33. The van der Waals surface area contributed by atoms with Crippen LogP contribution in [0.3, 0.4) is 0 Å². The fourth-order valence-corrected chi connectivity index (χ4v) is 8.13. The van der Waals surface area contributed by atoms with Gasteiger partial charge < -0.3 is 17.5 Å². The number of hydrogen-bond donors (Lipinski definition) is 0. The molecule has 20 heavy (non-hydrogen) atoms. The van der Waals surface area contributed by atoms with Crippen LogP contribution < -0.4 is 0 Å². The standard InChI is InChI=1S/C15H32NOP.CH3.Ni/c1-11(12(17)16-13(2,3)4)18(14(5,6)7)15(8,9)10;;/h11H,1-10H3,(H,16,17);1H3;/q;-1;+2. The van der Waals surface area contributed by atoms with E-state index in [1.807, 2.05) is 20.8 Å². The summed E-state index contributed by atoms with van der Waals surface area (Å²) in [4.78, 5) is 12.4. The van der Waals surface area contributed by atoms with E-state index in [4.69, 9.17) is 0 Å². The number of hydrogen-bond acceptors (Lipinski definition) is 1. The van der Waals surface area contributed by atoms with Gasteiger partial charge in [0, 0.05) is 7.92 Å². The molecule has 0 aliphatic carbocycles. The normalized spacial score (nSPS) is 14.2. The molecule has 4 heteroatoms. The molecule has 0 N–H and O–H groups in total. The molecule has 2 nitrogen and oxygen atoms in total. The van der Waals surface area contributed by atoms with E-state index in [1.165, 1.54) is 0 Å². The molecule has 0 aliphatic rings. The number of rotatable bonds is 2. The Kier molecular flexibility index (Phi) is 10.3. The molecule has 1 amide bonds. The first-order valence-corrected chi connectivity index (χ1v) is 8.38. The molecular weight excluding hydrogens is 312 g/mol. The molecule has 1 unspecified atom stereocenters. The van der Waals surface area contributed by atoms with E-state index in [2.05, 4.69) is 53.8 Å². The Hall–Kier alpha value is 0.394. The quantitative estimate of drug-likeness (QED) is 0.377. The molecular formula is C16H35NNiOP+. The van der Waals surface area contributed by atoms with Crippen molar-refractivity contribution < 1.29 is 21.3 Å². The summed E-state index contributed by atoms with van der Waals surface area (Å²) in [5.41, 5.74) is -0.206. The van der Waals surface area contributed by atoms with Crippen molar-refractivity contribution in [2.75, 3.05) is 0 Å². The van der Waals surface area contributed by atoms with Crippen molar-refractivity contribution in [1.82, 2.24) is 0 Å². The van der Waals surface area contributed by atoms with Gasteiger partial charge in [-0.1, -0.05) is 20.8 Å². The third-order valence-electron chi connectivity index (χ3n) is 2.87. The summed E-state index contributed by atoms with van der Waals surface area (Å²) in [5.74, 6) is 0.0845. The van der Waals surface area contributed by atoms with Gasteiger partial charge in [0.1, 0.15) is 5.66 Å². The van der Waals surface area contributed by atoms with E-state index in [0.29, 0.717) is 0 Å². The molecule has 0 heterocycles. The summed E-state index contributed by atoms with van der Waals surface area (Å²) >= 11 is 0. The van der Waals surface area contributed by atoms with Crippen molar-refractivity contribution in [3.63, 3.8) is 0 Å². The average molecular weight is 347 g/mol. The Morgan fingerprint density at radius 3 is 1.40 bits per heavy atom. The molecule has 124 valence electrons. The van der Waals surface area contributed by atoms with Crippen molar-refractivity contribution in [2.24, 2.45) is 0 Å². The Bertz CT molecular complexity index is 283. The van der Waals surface area contributed by atoms with Crippen molar-refractivity contribution >= 4 is 13.8 Å². The van der Waals surface area contributed by atoms with Gasteiger partial charge >= 0.3 is 16.5 Å². The molecule has 0 aliphatic heterocycles. The maximum atomic E-state index is 12.4. The topological polar surface area (TPSA) is 31.2 Å². The van der Waals surface area contributed by atoms with Crippen molar-refractivity contribution in [3.8, 4) is 0 Å². The zero-order chi connectivity index (χ0) is 14.9. The van der Waals surface area contributed by atoms with Crippen LogP contribution in [0, 0.1) is 7.43 Å². The number of amides is 1. The second kappa shape index (κ2) is 8.14. The van der Waals surface area contributed by atoms with Crippen LogP contribution in [-0.4, -0.2) is 27.4 Å². The Labute approximate surface area is 138 Å². The Balaban J connectivity index is -0.00000144. The van der Waals surface area contributed by atoms with E-state index in [1.54, 1.807) is 0 Å². The van der Waals surface area contributed by atoms with E-state index in [-0.39, 0.29) is 51.3 Å². The van der Waals surface area contributed by atoms with Gasteiger partial charge in [0.2, 0.25) is 0 Å². The summed E-state index contributed by atoms with van der Waals surface area (Å²) < 4.78 is 0. The van der Waals surface area contributed by atoms with Crippen LogP contribution in [0.5, 0.6) is 0 Å². The maximum absolute atomic E-state index is 12.4. The van der Waals surface area contributed by atoms with Crippen molar-refractivity contribution in [2.45, 2.75) is 90.7 Å². The largest absolute Gasteiger partial charge is 2.00 e. The maximum Gasteiger partial charge on any atom is 2.00 e. The van der Waals surface area contributed by atoms with Crippen LogP contribution >= 0.6 is 7.92 Å². The second-order valence-electron chi connectivity index (χ2n) is 8.26. The molecule has 0 aromatic heterocycles. The number of carbonyl (C=O) groups excluding carboxylic acids is 1. The van der Waals surface area contributed by atoms with Gasteiger partial charge in [0.25, 0.3) is 0 Å². The van der Waals surface area contributed by atoms with Crippen LogP contribution in [0.1, 0.15) is 69.2 Å². The number of carbonyl (C=O) groups is 1. The van der Waals surface area contributed by atoms with Crippen LogP contribution in [-0.2, 0) is 21.3 Å². The van der Waals surface area contributed by atoms with Gasteiger partial charge in [-0.3, -0.25) is 0 Å². The SMILES string of the molecule is CC(C(=O)[N-]C(C)(C)C)[PH+](C(C)(C)C)C(C)(C)C.[CH3-].[Ni+2]. The van der Waals surface area contributed by atoms with Crippen LogP contribution in [0.2, 0.25) is 0 Å². The zero-order valence-electron chi connectivity index (χ0n) is 15.2. The fourth-order valence-electron chi connectivity index (χ4n) is 2.97. The minimum Gasteiger partial charge on any atom is -0.645 e. The molecule has 0 radical (unpaired) electrons. The minimum absolute atomic E-state index is 0. The van der Waals surface area contributed by atoms with E-state index in [9.17, 15) is 4.79 Å². The minimum atomic E-state index is -0.867. The molecule has 1 atom stereocenters. The molecule has 0 spiro atoms. The molecule has 0 fully saturated rings. The van der Waals surface area contributed by atoms with Crippen molar-refractivity contribution in [1.29, 1.82) is 0 Å². The molecule has 0 saturated heterocycles. The van der Waals surface area contributed by atoms with E-state index >= 15 is 0 Å². The van der Waals surface area contributed by atoms with E-state index in [0.717, 1.165) is 0 Å². The Morgan fingerprint density at radius 2 is 1.20 bits per heavy atom. The van der Waals surface area contributed by atoms with Gasteiger partial charge in [-0.05, 0) is 48.5 Å². The van der Waals surface area contributed by atoms with E-state index < -0.39 is 7.92 Å². The molecule has 0 aromatic carbocycles. The monoisotopic (exact) mass is 346 g/mol. The predicted molar refractivity (Wildman–Crippen MR) is 91.8 cm³/mol. The first kappa shape index (κ1) is 25.4. The number of nitrogens with zero attached hydrogens (tertiary/aromatic N) is 1. The van der Waals surface area contributed by atoms with Gasteiger partial charge in [-0.2, -0.15) is 0 Å². The third-order valence-corrected chi connectivity index (χ3v) is 7.21. The summed E-state index contributed by atoms with van der Waals surface area (Å²) in [7, 11) is -0.867. The fraction of sp³-hybridized carbons (Fsp3) is 0.875. The summed E-state index contributed by atoms with van der Waals surface area (Å²) in [6.45, 7) is 21.6. The van der Waals surface area contributed by atoms with Gasteiger partial charge in [-0.15, -0.1) is 5.54 Å². The molecule has 0 saturated carbocycles. The van der Waals surface area contributed by atoms with Crippen LogP contribution in [0.4, 0.5) is 0 Å². The zero-order valence-corrected chi connectivity index (χ0v) is 17.2.